The molecule has 1 aromatic rings. The number of Topliss-reactive ketones (excluding diaryl/α,β-unsaturated/α-hetero) is 1. The van der Waals surface area contributed by atoms with Gasteiger partial charge in [-0.15, -0.1) is 0 Å². The van der Waals surface area contributed by atoms with E-state index in [1.165, 1.54) is 0 Å². The quantitative estimate of drug-likeness (QED) is 0.780. The molecule has 0 aromatic heterocycles. The minimum absolute atomic E-state index is 0.0124. The summed E-state index contributed by atoms with van der Waals surface area (Å²) in [4.78, 5) is 23.5. The molecule has 1 saturated carbocycles. The van der Waals surface area contributed by atoms with Crippen molar-refractivity contribution in [1.82, 2.24) is 5.32 Å². The Labute approximate surface area is 119 Å². The minimum atomic E-state index is -0.291. The summed E-state index contributed by atoms with van der Waals surface area (Å²) < 4.78 is 0. The van der Waals surface area contributed by atoms with Gasteiger partial charge in [-0.05, 0) is 12.8 Å². The monoisotopic (exact) mass is 275 g/mol. The highest BCUT2D eigenvalue weighted by Gasteiger charge is 2.25. The molecule has 4 nitrogen and oxygen atoms in total. The van der Waals surface area contributed by atoms with Gasteiger partial charge in [-0.25, -0.2) is 0 Å². The molecule has 0 radical (unpaired) electrons. The Balaban J connectivity index is 1.69. The summed E-state index contributed by atoms with van der Waals surface area (Å²) in [6.45, 7) is 0.513. The molecule has 1 fully saturated rings. The van der Waals surface area contributed by atoms with E-state index in [-0.39, 0.29) is 36.6 Å². The van der Waals surface area contributed by atoms with E-state index in [1.54, 1.807) is 12.1 Å². The van der Waals surface area contributed by atoms with Crippen LogP contribution in [0.3, 0.4) is 0 Å². The first-order chi connectivity index (χ1) is 9.66. The van der Waals surface area contributed by atoms with E-state index in [9.17, 15) is 14.7 Å². The molecule has 1 aliphatic rings. The second kappa shape index (κ2) is 7.20. The van der Waals surface area contributed by atoms with Crippen molar-refractivity contribution >= 4 is 11.7 Å². The van der Waals surface area contributed by atoms with Crippen LogP contribution in [0.1, 0.15) is 42.5 Å². The van der Waals surface area contributed by atoms with E-state index in [1.807, 2.05) is 18.2 Å². The van der Waals surface area contributed by atoms with Crippen LogP contribution in [0.2, 0.25) is 0 Å². The number of carbonyl (C=O) groups excluding carboxylic acids is 2. The lowest BCUT2D eigenvalue weighted by Crippen LogP contribution is -2.32. The van der Waals surface area contributed by atoms with Crippen molar-refractivity contribution in [3.63, 3.8) is 0 Å². The largest absolute Gasteiger partial charge is 0.393 e. The summed E-state index contributed by atoms with van der Waals surface area (Å²) in [5, 5.41) is 12.5. The van der Waals surface area contributed by atoms with Crippen LogP contribution in [0, 0.1) is 5.92 Å². The van der Waals surface area contributed by atoms with Crippen LogP contribution in [-0.2, 0) is 4.79 Å². The van der Waals surface area contributed by atoms with Gasteiger partial charge in [0, 0.05) is 30.9 Å². The molecule has 108 valence electrons. The standard InChI is InChI=1S/C16H21NO3/c18-14-8-4-7-13(14)11-17-16(20)10-9-15(19)12-5-2-1-3-6-12/h1-3,5-6,13-14,18H,4,7-11H2,(H,17,20). The molecule has 2 N–H and O–H groups in total. The number of hydrogen-bond acceptors (Lipinski definition) is 3. The van der Waals surface area contributed by atoms with Crippen molar-refractivity contribution in [1.29, 1.82) is 0 Å². The third-order valence-corrected chi connectivity index (χ3v) is 3.86. The Morgan fingerprint density at radius 1 is 1.15 bits per heavy atom. The van der Waals surface area contributed by atoms with Gasteiger partial charge in [-0.2, -0.15) is 0 Å². The fraction of sp³-hybridized carbons (Fsp3) is 0.500. The maximum atomic E-state index is 11.8. The predicted molar refractivity (Wildman–Crippen MR) is 76.4 cm³/mol. The van der Waals surface area contributed by atoms with Crippen molar-refractivity contribution in [3.8, 4) is 0 Å². The fourth-order valence-electron chi connectivity index (χ4n) is 2.58. The summed E-state index contributed by atoms with van der Waals surface area (Å²) in [5.74, 6) is 0.0406. The predicted octanol–water partition coefficient (Wildman–Crippen LogP) is 1.93. The molecular weight excluding hydrogens is 254 g/mol. The topological polar surface area (TPSA) is 66.4 Å². The lowest BCUT2D eigenvalue weighted by atomic mass is 10.1. The van der Waals surface area contributed by atoms with Gasteiger partial charge in [0.25, 0.3) is 0 Å². The van der Waals surface area contributed by atoms with Crippen LogP contribution in [0.25, 0.3) is 0 Å². The fourth-order valence-corrected chi connectivity index (χ4v) is 2.58. The second-order valence-electron chi connectivity index (χ2n) is 5.35. The highest BCUT2D eigenvalue weighted by molar-refractivity contribution is 5.97. The van der Waals surface area contributed by atoms with Gasteiger partial charge in [0.1, 0.15) is 0 Å². The molecule has 0 heterocycles. The zero-order chi connectivity index (χ0) is 14.4. The van der Waals surface area contributed by atoms with Gasteiger partial charge in [0.15, 0.2) is 5.78 Å². The Bertz CT molecular complexity index is 458. The van der Waals surface area contributed by atoms with E-state index >= 15 is 0 Å². The third kappa shape index (κ3) is 4.17. The van der Waals surface area contributed by atoms with Crippen LogP contribution in [0.5, 0.6) is 0 Å². The highest BCUT2D eigenvalue weighted by atomic mass is 16.3. The van der Waals surface area contributed by atoms with Crippen LogP contribution in [0.4, 0.5) is 0 Å². The maximum Gasteiger partial charge on any atom is 0.220 e. The van der Waals surface area contributed by atoms with Crippen LogP contribution in [-0.4, -0.2) is 29.4 Å². The average Bonchev–Trinajstić information content (AvgIpc) is 2.89. The summed E-state index contributed by atoms with van der Waals surface area (Å²) in [6.07, 6.45) is 2.95. The first-order valence-electron chi connectivity index (χ1n) is 7.20. The van der Waals surface area contributed by atoms with E-state index in [0.29, 0.717) is 12.1 Å². The Hall–Kier alpha value is -1.68. The number of benzene rings is 1. The van der Waals surface area contributed by atoms with Crippen molar-refractivity contribution in [3.05, 3.63) is 35.9 Å². The van der Waals surface area contributed by atoms with E-state index in [2.05, 4.69) is 5.32 Å². The number of aliphatic hydroxyl groups is 1. The number of carbonyl (C=O) groups is 2. The molecular formula is C16H21NO3. The lowest BCUT2D eigenvalue weighted by molar-refractivity contribution is -0.121. The van der Waals surface area contributed by atoms with Gasteiger partial charge < -0.3 is 10.4 Å². The molecule has 2 rings (SSSR count). The Kier molecular flexibility index (Phi) is 5.30. The molecule has 0 spiro atoms. The number of aliphatic hydroxyl groups excluding tert-OH is 1. The number of ketones is 1. The smallest absolute Gasteiger partial charge is 0.220 e. The number of rotatable bonds is 6. The molecule has 0 saturated heterocycles. The SMILES string of the molecule is O=C(CCC(=O)c1ccccc1)NCC1CCCC1O. The molecule has 0 bridgehead atoms. The summed E-state index contributed by atoms with van der Waals surface area (Å²) in [5.41, 5.74) is 0.645. The van der Waals surface area contributed by atoms with E-state index < -0.39 is 0 Å². The van der Waals surface area contributed by atoms with Gasteiger partial charge in [0.05, 0.1) is 6.10 Å². The second-order valence-corrected chi connectivity index (χ2v) is 5.35. The maximum absolute atomic E-state index is 11.8. The van der Waals surface area contributed by atoms with Crippen molar-refractivity contribution in [2.45, 2.75) is 38.2 Å². The van der Waals surface area contributed by atoms with Gasteiger partial charge in [0.2, 0.25) is 5.91 Å². The number of amides is 1. The average molecular weight is 275 g/mol. The van der Waals surface area contributed by atoms with Crippen LogP contribution >= 0.6 is 0 Å². The highest BCUT2D eigenvalue weighted by Crippen LogP contribution is 2.24. The van der Waals surface area contributed by atoms with Crippen molar-refractivity contribution in [2.24, 2.45) is 5.92 Å². The van der Waals surface area contributed by atoms with E-state index in [0.717, 1.165) is 19.3 Å². The number of nitrogens with one attached hydrogen (secondary N) is 1. The molecule has 4 heteroatoms. The van der Waals surface area contributed by atoms with E-state index in [4.69, 9.17) is 0 Å². The third-order valence-electron chi connectivity index (χ3n) is 3.86. The zero-order valence-corrected chi connectivity index (χ0v) is 11.5. The molecule has 1 amide bonds. The Morgan fingerprint density at radius 2 is 1.90 bits per heavy atom. The first-order valence-corrected chi connectivity index (χ1v) is 7.20. The molecule has 20 heavy (non-hydrogen) atoms. The summed E-state index contributed by atoms with van der Waals surface area (Å²) in [6, 6.07) is 9.00. The zero-order valence-electron chi connectivity index (χ0n) is 11.5. The van der Waals surface area contributed by atoms with Crippen LogP contribution < -0.4 is 5.32 Å². The molecule has 1 aliphatic carbocycles. The summed E-state index contributed by atoms with van der Waals surface area (Å²) in [7, 11) is 0. The first kappa shape index (κ1) is 14.7. The molecule has 2 unspecified atom stereocenters. The van der Waals surface area contributed by atoms with Gasteiger partial charge >= 0.3 is 0 Å². The number of hydrogen-bond donors (Lipinski definition) is 2. The molecule has 1 aromatic carbocycles. The van der Waals surface area contributed by atoms with Gasteiger partial charge in [-0.3, -0.25) is 9.59 Å². The van der Waals surface area contributed by atoms with Crippen LogP contribution in [0.15, 0.2) is 30.3 Å². The molecule has 2 atom stereocenters. The summed E-state index contributed by atoms with van der Waals surface area (Å²) >= 11 is 0. The normalized spacial score (nSPS) is 21.6. The van der Waals surface area contributed by atoms with Gasteiger partial charge in [-0.1, -0.05) is 36.8 Å². The van der Waals surface area contributed by atoms with Crippen molar-refractivity contribution in [2.75, 3.05) is 6.54 Å². The van der Waals surface area contributed by atoms with Crippen molar-refractivity contribution < 1.29 is 14.7 Å². The molecule has 0 aliphatic heterocycles. The minimum Gasteiger partial charge on any atom is -0.393 e. The Morgan fingerprint density at radius 3 is 2.55 bits per heavy atom. The lowest BCUT2D eigenvalue weighted by Gasteiger charge is -2.14.